The van der Waals surface area contributed by atoms with Crippen molar-refractivity contribution in [3.63, 3.8) is 0 Å². The molecule has 178 valence electrons. The van der Waals surface area contributed by atoms with Crippen molar-refractivity contribution in [1.82, 2.24) is 5.32 Å². The molecular formula is C25H32FN3O4. The van der Waals surface area contributed by atoms with Gasteiger partial charge in [0.2, 0.25) is 0 Å². The molecule has 1 atom stereocenters. The van der Waals surface area contributed by atoms with Gasteiger partial charge in [0, 0.05) is 37.4 Å². The Morgan fingerprint density at radius 3 is 2.36 bits per heavy atom. The lowest BCUT2D eigenvalue weighted by Gasteiger charge is -2.32. The molecule has 0 bridgehead atoms. The first-order valence-electron chi connectivity index (χ1n) is 11.0. The van der Waals surface area contributed by atoms with Crippen LogP contribution in [0.5, 0.6) is 0 Å². The van der Waals surface area contributed by atoms with Gasteiger partial charge in [-0.2, -0.15) is 0 Å². The third kappa shape index (κ3) is 5.69. The van der Waals surface area contributed by atoms with Crippen molar-refractivity contribution >= 4 is 23.8 Å². The molecule has 7 nitrogen and oxygen atoms in total. The van der Waals surface area contributed by atoms with Crippen LogP contribution < -0.4 is 15.1 Å². The lowest BCUT2D eigenvalue weighted by Crippen LogP contribution is -2.44. The fourth-order valence-electron chi connectivity index (χ4n) is 4.02. The van der Waals surface area contributed by atoms with Crippen LogP contribution in [0.4, 0.5) is 15.8 Å². The predicted molar refractivity (Wildman–Crippen MR) is 126 cm³/mol. The fourth-order valence-corrected chi connectivity index (χ4v) is 4.02. The van der Waals surface area contributed by atoms with Crippen molar-refractivity contribution in [1.29, 1.82) is 0 Å². The summed E-state index contributed by atoms with van der Waals surface area (Å²) in [5.41, 5.74) is 1.01. The molecule has 0 saturated carbocycles. The largest absolute Gasteiger partial charge is 0.462 e. The predicted octanol–water partition coefficient (Wildman–Crippen LogP) is 2.95. The van der Waals surface area contributed by atoms with Gasteiger partial charge in [0.1, 0.15) is 11.4 Å². The van der Waals surface area contributed by atoms with Gasteiger partial charge < -0.3 is 25.0 Å². The Bertz CT molecular complexity index is 997. The molecular weight excluding hydrogens is 425 g/mol. The van der Waals surface area contributed by atoms with Crippen molar-refractivity contribution in [2.75, 3.05) is 36.0 Å². The number of hydrogen-bond donors (Lipinski definition) is 2. The fraction of sp³-hybridized carbons (Fsp3) is 0.440. The summed E-state index contributed by atoms with van der Waals surface area (Å²) in [6.07, 6.45) is 0. The van der Waals surface area contributed by atoms with Crippen LogP contribution in [0.25, 0.3) is 0 Å². The molecule has 2 aromatic carbocycles. The molecule has 0 spiro atoms. The van der Waals surface area contributed by atoms with Crippen LogP contribution in [-0.4, -0.2) is 49.3 Å². The Morgan fingerprint density at radius 2 is 1.79 bits per heavy atom. The SMILES string of the molecule is CC(C)(C)OC=O.CC1(O)C(=O)N(Cc2cccc(F)c2)c2cccc(N3CCNCC3)c21. The molecule has 2 heterocycles. The number of anilines is 2. The number of hydrogen-bond acceptors (Lipinski definition) is 6. The third-order valence-electron chi connectivity index (χ3n) is 5.55. The summed E-state index contributed by atoms with van der Waals surface area (Å²) < 4.78 is 18.1. The van der Waals surface area contributed by atoms with Crippen molar-refractivity contribution < 1.29 is 23.8 Å². The molecule has 2 aliphatic heterocycles. The van der Waals surface area contributed by atoms with Crippen molar-refractivity contribution in [3.05, 3.63) is 59.4 Å². The maximum Gasteiger partial charge on any atom is 0.293 e. The summed E-state index contributed by atoms with van der Waals surface area (Å²) in [5, 5.41) is 14.3. The van der Waals surface area contributed by atoms with Gasteiger partial charge in [-0.15, -0.1) is 0 Å². The number of carbonyl (C=O) groups excluding carboxylic acids is 2. The smallest absolute Gasteiger partial charge is 0.293 e. The normalized spacial score (nSPS) is 20.1. The second-order valence-electron chi connectivity index (χ2n) is 9.33. The zero-order valence-corrected chi connectivity index (χ0v) is 19.6. The molecule has 2 aliphatic rings. The maximum atomic E-state index is 13.5. The van der Waals surface area contributed by atoms with Crippen LogP contribution in [0.1, 0.15) is 38.8 Å². The van der Waals surface area contributed by atoms with Crippen molar-refractivity contribution in [3.8, 4) is 0 Å². The lowest BCUT2D eigenvalue weighted by molar-refractivity contribution is -0.138. The Kier molecular flexibility index (Phi) is 7.39. The second-order valence-corrected chi connectivity index (χ2v) is 9.33. The highest BCUT2D eigenvalue weighted by atomic mass is 19.1. The summed E-state index contributed by atoms with van der Waals surface area (Å²) in [4.78, 5) is 26.3. The van der Waals surface area contributed by atoms with E-state index < -0.39 is 5.60 Å². The monoisotopic (exact) mass is 457 g/mol. The van der Waals surface area contributed by atoms with Gasteiger partial charge >= 0.3 is 0 Å². The highest BCUT2D eigenvalue weighted by Crippen LogP contribution is 2.46. The van der Waals surface area contributed by atoms with Gasteiger partial charge in [0.15, 0.2) is 5.60 Å². The highest BCUT2D eigenvalue weighted by molar-refractivity contribution is 6.08. The van der Waals surface area contributed by atoms with Crippen LogP contribution in [0, 0.1) is 5.82 Å². The minimum absolute atomic E-state index is 0.227. The number of amides is 1. The summed E-state index contributed by atoms with van der Waals surface area (Å²) >= 11 is 0. The number of benzene rings is 2. The Balaban J connectivity index is 0.000000383. The van der Waals surface area contributed by atoms with Crippen molar-refractivity contribution in [2.45, 2.75) is 45.4 Å². The Hall–Kier alpha value is -2.97. The van der Waals surface area contributed by atoms with Crippen LogP contribution in [0.2, 0.25) is 0 Å². The minimum Gasteiger partial charge on any atom is -0.462 e. The van der Waals surface area contributed by atoms with Gasteiger partial charge in [-0.1, -0.05) is 18.2 Å². The highest BCUT2D eigenvalue weighted by Gasteiger charge is 2.48. The Labute approximate surface area is 194 Å². The van der Waals surface area contributed by atoms with Gasteiger partial charge in [0.05, 0.1) is 12.2 Å². The molecule has 33 heavy (non-hydrogen) atoms. The molecule has 8 heteroatoms. The van der Waals surface area contributed by atoms with Crippen LogP contribution in [0.15, 0.2) is 42.5 Å². The van der Waals surface area contributed by atoms with E-state index in [4.69, 9.17) is 0 Å². The minimum atomic E-state index is -1.59. The van der Waals surface area contributed by atoms with E-state index in [0.717, 1.165) is 31.9 Å². The van der Waals surface area contributed by atoms with E-state index in [1.54, 1.807) is 24.0 Å². The lowest BCUT2D eigenvalue weighted by atomic mass is 9.95. The molecule has 0 aliphatic carbocycles. The van der Waals surface area contributed by atoms with E-state index in [1.165, 1.54) is 12.1 Å². The van der Waals surface area contributed by atoms with Crippen LogP contribution in [0.3, 0.4) is 0 Å². The van der Waals surface area contributed by atoms with Crippen molar-refractivity contribution in [2.24, 2.45) is 0 Å². The third-order valence-corrected chi connectivity index (χ3v) is 5.55. The zero-order valence-electron chi connectivity index (χ0n) is 19.6. The zero-order chi connectivity index (χ0) is 24.2. The average Bonchev–Trinajstić information content (AvgIpc) is 2.95. The van der Waals surface area contributed by atoms with E-state index in [2.05, 4.69) is 15.0 Å². The summed E-state index contributed by atoms with van der Waals surface area (Å²) in [6.45, 7) is 11.1. The summed E-state index contributed by atoms with van der Waals surface area (Å²) in [5.74, 6) is -0.713. The number of piperazine rings is 1. The Morgan fingerprint density at radius 1 is 1.15 bits per heavy atom. The number of ether oxygens (including phenoxy) is 1. The first-order chi connectivity index (χ1) is 15.5. The average molecular weight is 458 g/mol. The van der Waals surface area contributed by atoms with E-state index in [0.29, 0.717) is 23.3 Å². The molecule has 0 radical (unpaired) electrons. The molecule has 0 aromatic heterocycles. The number of nitrogens with one attached hydrogen (secondary N) is 1. The number of aliphatic hydroxyl groups is 1. The summed E-state index contributed by atoms with van der Waals surface area (Å²) in [6, 6.07) is 11.9. The number of rotatable bonds is 4. The second kappa shape index (κ2) is 9.89. The molecule has 1 fully saturated rings. The first-order valence-corrected chi connectivity index (χ1v) is 11.0. The molecule has 1 saturated heterocycles. The number of halogens is 1. The number of carbonyl (C=O) groups is 2. The summed E-state index contributed by atoms with van der Waals surface area (Å²) in [7, 11) is 0. The molecule has 1 unspecified atom stereocenters. The standard InChI is InChI=1S/C20H22FN3O2.C5H10O2/c1-20(26)18-16(23-10-8-22-9-11-23)6-3-7-17(18)24(19(20)25)13-14-4-2-5-15(21)12-14;1-5(2,3)7-4-6/h2-7,12,22,26H,8-11,13H2,1H3;4H,1-3H3. The van der Waals surface area contributed by atoms with E-state index >= 15 is 0 Å². The molecule has 2 N–H and O–H groups in total. The molecule has 4 rings (SSSR count). The van der Waals surface area contributed by atoms with E-state index in [9.17, 15) is 19.1 Å². The van der Waals surface area contributed by atoms with E-state index in [-0.39, 0.29) is 23.9 Å². The van der Waals surface area contributed by atoms with Gasteiger partial charge in [-0.05, 0) is 57.5 Å². The van der Waals surface area contributed by atoms with Gasteiger partial charge in [0.25, 0.3) is 12.4 Å². The van der Waals surface area contributed by atoms with Gasteiger partial charge in [-0.25, -0.2) is 4.39 Å². The number of fused-ring (bicyclic) bond motifs is 1. The van der Waals surface area contributed by atoms with Gasteiger partial charge in [-0.3, -0.25) is 9.59 Å². The topological polar surface area (TPSA) is 82.1 Å². The van der Waals surface area contributed by atoms with Crippen LogP contribution >= 0.6 is 0 Å². The quantitative estimate of drug-likeness (QED) is 0.687. The number of nitrogens with zero attached hydrogens (tertiary/aromatic N) is 2. The van der Waals surface area contributed by atoms with Crippen LogP contribution in [-0.2, 0) is 26.5 Å². The van der Waals surface area contributed by atoms with E-state index in [1.807, 2.05) is 39.0 Å². The molecule has 2 aromatic rings. The molecule has 1 amide bonds. The first kappa shape index (κ1) is 24.7. The maximum absolute atomic E-state index is 13.5.